The van der Waals surface area contributed by atoms with Gasteiger partial charge in [-0.25, -0.2) is 0 Å². The largest absolute Gasteiger partial charge is 0.316 e. The topological polar surface area (TPSA) is 48.8 Å². The Morgan fingerprint density at radius 3 is 3.00 bits per heavy atom. The number of aliphatic imine (C=N–C) groups is 1. The summed E-state index contributed by atoms with van der Waals surface area (Å²) in [6.45, 7) is 9.50. The first kappa shape index (κ1) is 14.2. The Kier molecular flexibility index (Phi) is 6.22. The Hall–Kier alpha value is -0.870. The predicted molar refractivity (Wildman–Crippen MR) is 74.8 cm³/mol. The fourth-order valence-electron chi connectivity index (χ4n) is 1.88. The third-order valence-corrected chi connectivity index (χ3v) is 3.43. The van der Waals surface area contributed by atoms with Gasteiger partial charge in [0, 0.05) is 18.5 Å². The molecular formula is C12H21ClN4. The molecule has 0 amide bonds. The molecule has 1 aliphatic rings. The van der Waals surface area contributed by atoms with Gasteiger partial charge in [-0.1, -0.05) is 11.6 Å². The van der Waals surface area contributed by atoms with E-state index in [0.29, 0.717) is 11.1 Å². The van der Waals surface area contributed by atoms with Crippen LogP contribution in [0.3, 0.4) is 0 Å². The van der Waals surface area contributed by atoms with Gasteiger partial charge < -0.3 is 5.32 Å². The van der Waals surface area contributed by atoms with Crippen LogP contribution in [0.25, 0.3) is 0 Å². The summed E-state index contributed by atoms with van der Waals surface area (Å²) >= 11 is 6.14. The Bertz CT molecular complexity index is 306. The van der Waals surface area contributed by atoms with E-state index in [2.05, 4.69) is 34.5 Å². The number of nitrogens with zero attached hydrogens (tertiary/aromatic N) is 2. The Morgan fingerprint density at radius 1 is 1.65 bits per heavy atom. The molecule has 0 aromatic carbocycles. The van der Waals surface area contributed by atoms with Crippen LogP contribution >= 0.6 is 11.6 Å². The molecule has 0 aliphatic carbocycles. The first-order chi connectivity index (χ1) is 8.15. The first-order valence-electron chi connectivity index (χ1n) is 5.97. The standard InChI is InChI=1S/C12H21ClN4/c1-9(7-16-14-3)12(13)17-10(2)11-5-4-6-15-8-11/h7,10-11,15-16H,3-6,8H2,1-2H3/b9-7-,17-12?. The molecule has 5 heteroatoms. The van der Waals surface area contributed by atoms with Gasteiger partial charge in [-0.2, -0.15) is 5.10 Å². The molecule has 0 radical (unpaired) electrons. The minimum Gasteiger partial charge on any atom is -0.316 e. The molecule has 17 heavy (non-hydrogen) atoms. The number of halogens is 1. The molecule has 1 rings (SSSR count). The van der Waals surface area contributed by atoms with Crippen molar-refractivity contribution in [2.45, 2.75) is 32.7 Å². The smallest absolute Gasteiger partial charge is 0.128 e. The van der Waals surface area contributed by atoms with Crippen LogP contribution in [0.2, 0.25) is 0 Å². The van der Waals surface area contributed by atoms with Crippen molar-refractivity contribution in [3.05, 3.63) is 11.8 Å². The van der Waals surface area contributed by atoms with Crippen LogP contribution in [0.4, 0.5) is 0 Å². The van der Waals surface area contributed by atoms with Crippen LogP contribution in [0.15, 0.2) is 21.9 Å². The van der Waals surface area contributed by atoms with Crippen LogP contribution in [-0.2, 0) is 0 Å². The molecule has 0 aromatic rings. The van der Waals surface area contributed by atoms with Gasteiger partial charge in [0.1, 0.15) is 5.17 Å². The average molecular weight is 257 g/mol. The average Bonchev–Trinajstić information content (AvgIpc) is 2.36. The summed E-state index contributed by atoms with van der Waals surface area (Å²) in [5, 5.41) is 7.46. The number of allylic oxidation sites excluding steroid dienone is 1. The summed E-state index contributed by atoms with van der Waals surface area (Å²) < 4.78 is 0. The second-order valence-electron chi connectivity index (χ2n) is 4.38. The summed E-state index contributed by atoms with van der Waals surface area (Å²) in [7, 11) is 0. The summed E-state index contributed by atoms with van der Waals surface area (Å²) in [6, 6.07) is 0.246. The maximum atomic E-state index is 6.14. The number of nitrogens with one attached hydrogen (secondary N) is 2. The van der Waals surface area contributed by atoms with Gasteiger partial charge in [0.15, 0.2) is 0 Å². The van der Waals surface area contributed by atoms with Crippen molar-refractivity contribution < 1.29 is 0 Å². The van der Waals surface area contributed by atoms with E-state index in [-0.39, 0.29) is 6.04 Å². The molecule has 1 fully saturated rings. The third kappa shape index (κ3) is 4.88. The van der Waals surface area contributed by atoms with E-state index < -0.39 is 0 Å². The summed E-state index contributed by atoms with van der Waals surface area (Å²) in [4.78, 5) is 4.53. The Labute approximate surface area is 108 Å². The maximum absolute atomic E-state index is 6.14. The quantitative estimate of drug-likeness (QED) is 0.585. The Balaban J connectivity index is 2.56. The molecule has 4 nitrogen and oxygen atoms in total. The summed E-state index contributed by atoms with van der Waals surface area (Å²) in [5.74, 6) is 0.579. The monoisotopic (exact) mass is 256 g/mol. The zero-order chi connectivity index (χ0) is 12.7. The van der Waals surface area contributed by atoms with Crippen molar-refractivity contribution in [2.24, 2.45) is 16.0 Å². The summed E-state index contributed by atoms with van der Waals surface area (Å²) in [6.07, 6.45) is 4.14. The van der Waals surface area contributed by atoms with E-state index in [1.807, 2.05) is 6.92 Å². The number of piperidine rings is 1. The molecule has 0 saturated carbocycles. The van der Waals surface area contributed by atoms with Crippen molar-refractivity contribution in [2.75, 3.05) is 13.1 Å². The predicted octanol–water partition coefficient (Wildman–Crippen LogP) is 2.12. The molecule has 1 saturated heterocycles. The summed E-state index contributed by atoms with van der Waals surface area (Å²) in [5.41, 5.74) is 3.53. The van der Waals surface area contributed by atoms with E-state index in [1.54, 1.807) is 6.20 Å². The number of hydrogen-bond acceptors (Lipinski definition) is 4. The molecule has 2 atom stereocenters. The molecule has 0 spiro atoms. The van der Waals surface area contributed by atoms with E-state index in [4.69, 9.17) is 11.6 Å². The van der Waals surface area contributed by atoms with Gasteiger partial charge in [-0.05, 0) is 45.7 Å². The maximum Gasteiger partial charge on any atom is 0.128 e. The zero-order valence-corrected chi connectivity index (χ0v) is 11.3. The lowest BCUT2D eigenvalue weighted by Gasteiger charge is -2.26. The molecule has 2 unspecified atom stereocenters. The van der Waals surface area contributed by atoms with Crippen LogP contribution in [-0.4, -0.2) is 31.0 Å². The lowest BCUT2D eigenvalue weighted by atomic mass is 9.93. The number of hydrazone groups is 1. The SMILES string of the molecule is C=NN/C=C(/C)C(Cl)=NC(C)C1CCCNC1. The zero-order valence-electron chi connectivity index (χ0n) is 10.5. The fourth-order valence-corrected chi connectivity index (χ4v) is 2.09. The van der Waals surface area contributed by atoms with Gasteiger partial charge in [-0.3, -0.25) is 10.4 Å². The second-order valence-corrected chi connectivity index (χ2v) is 4.74. The van der Waals surface area contributed by atoms with E-state index in [1.165, 1.54) is 12.8 Å². The van der Waals surface area contributed by atoms with Crippen molar-refractivity contribution >= 4 is 23.5 Å². The lowest BCUT2D eigenvalue weighted by molar-refractivity contribution is 0.336. The minimum atomic E-state index is 0.246. The fraction of sp³-hybridized carbons (Fsp3) is 0.667. The molecular weight excluding hydrogens is 236 g/mol. The van der Waals surface area contributed by atoms with Crippen LogP contribution in [0, 0.1) is 5.92 Å². The van der Waals surface area contributed by atoms with Crippen molar-refractivity contribution in [3.63, 3.8) is 0 Å². The van der Waals surface area contributed by atoms with Crippen LogP contribution < -0.4 is 10.7 Å². The molecule has 96 valence electrons. The number of rotatable bonds is 5. The van der Waals surface area contributed by atoms with Gasteiger partial charge >= 0.3 is 0 Å². The highest BCUT2D eigenvalue weighted by Crippen LogP contribution is 2.18. The van der Waals surface area contributed by atoms with E-state index in [9.17, 15) is 0 Å². The van der Waals surface area contributed by atoms with Gasteiger partial charge in [0.05, 0.1) is 6.04 Å². The van der Waals surface area contributed by atoms with Gasteiger partial charge in [0.2, 0.25) is 0 Å². The molecule has 2 N–H and O–H groups in total. The third-order valence-electron chi connectivity index (χ3n) is 3.03. The number of hydrogen-bond donors (Lipinski definition) is 2. The van der Waals surface area contributed by atoms with Gasteiger partial charge in [-0.15, -0.1) is 0 Å². The van der Waals surface area contributed by atoms with Crippen LogP contribution in [0.1, 0.15) is 26.7 Å². The normalized spacial score (nSPS) is 24.3. The highest BCUT2D eigenvalue weighted by atomic mass is 35.5. The van der Waals surface area contributed by atoms with Crippen LogP contribution in [0.5, 0.6) is 0 Å². The van der Waals surface area contributed by atoms with Crippen molar-refractivity contribution in [3.8, 4) is 0 Å². The highest BCUT2D eigenvalue weighted by molar-refractivity contribution is 6.69. The van der Waals surface area contributed by atoms with E-state index >= 15 is 0 Å². The molecule has 0 aromatic heterocycles. The Morgan fingerprint density at radius 2 is 2.41 bits per heavy atom. The second kappa shape index (κ2) is 7.45. The molecule has 1 aliphatic heterocycles. The first-order valence-corrected chi connectivity index (χ1v) is 6.35. The van der Waals surface area contributed by atoms with Crippen molar-refractivity contribution in [1.29, 1.82) is 0 Å². The highest BCUT2D eigenvalue weighted by Gasteiger charge is 2.19. The van der Waals surface area contributed by atoms with Crippen molar-refractivity contribution in [1.82, 2.24) is 10.7 Å². The molecule has 0 bridgehead atoms. The van der Waals surface area contributed by atoms with E-state index in [0.717, 1.165) is 18.7 Å². The molecule has 1 heterocycles. The van der Waals surface area contributed by atoms with Gasteiger partial charge in [0.25, 0.3) is 0 Å². The minimum absolute atomic E-state index is 0.246. The lowest BCUT2D eigenvalue weighted by Crippen LogP contribution is -2.35.